The summed E-state index contributed by atoms with van der Waals surface area (Å²) >= 11 is 5.03. The normalized spacial score (nSPS) is 12.3. The predicted molar refractivity (Wildman–Crippen MR) is 91.8 cm³/mol. The van der Waals surface area contributed by atoms with Gasteiger partial charge in [-0.3, -0.25) is 0 Å². The molecule has 4 nitrogen and oxygen atoms in total. The van der Waals surface area contributed by atoms with Crippen LogP contribution in [0.2, 0.25) is 0 Å². The molecule has 114 valence electrons. The van der Waals surface area contributed by atoms with Gasteiger partial charge < -0.3 is 10.1 Å². The Morgan fingerprint density at radius 2 is 1.95 bits per heavy atom. The van der Waals surface area contributed by atoms with E-state index in [0.29, 0.717) is 6.04 Å². The molecule has 0 saturated heterocycles. The minimum atomic E-state index is 0.299. The summed E-state index contributed by atoms with van der Waals surface area (Å²) in [5.41, 5.74) is 1.26. The van der Waals surface area contributed by atoms with Gasteiger partial charge in [0.2, 0.25) is 0 Å². The average molecular weight is 342 g/mol. The summed E-state index contributed by atoms with van der Waals surface area (Å²) in [5.74, 6) is 1.82. The first-order chi connectivity index (χ1) is 10.3. The van der Waals surface area contributed by atoms with E-state index in [-0.39, 0.29) is 0 Å². The Labute approximate surface area is 138 Å². The van der Waals surface area contributed by atoms with Gasteiger partial charge in [0.1, 0.15) is 5.75 Å². The maximum absolute atomic E-state index is 5.21. The lowest BCUT2D eigenvalue weighted by Crippen LogP contribution is -2.22. The second kappa shape index (κ2) is 8.63. The van der Waals surface area contributed by atoms with Gasteiger partial charge in [0.15, 0.2) is 8.68 Å². The highest BCUT2D eigenvalue weighted by atomic mass is 32.2. The number of nitrogens with zero attached hydrogens (tertiary/aromatic N) is 2. The zero-order valence-electron chi connectivity index (χ0n) is 12.3. The molecule has 0 spiro atoms. The first-order valence-electron chi connectivity index (χ1n) is 6.64. The van der Waals surface area contributed by atoms with E-state index in [4.69, 9.17) is 4.74 Å². The molecular formula is C14H19N3OS3. The predicted octanol–water partition coefficient (Wildman–Crippen LogP) is 3.71. The lowest BCUT2D eigenvalue weighted by molar-refractivity contribution is 0.414. The van der Waals surface area contributed by atoms with Crippen LogP contribution in [0.15, 0.2) is 32.9 Å². The molecule has 2 aromatic rings. The van der Waals surface area contributed by atoms with Gasteiger partial charge in [-0.2, -0.15) is 0 Å². The highest BCUT2D eigenvalue weighted by Gasteiger charge is 2.13. The zero-order valence-corrected chi connectivity index (χ0v) is 14.8. The van der Waals surface area contributed by atoms with Crippen molar-refractivity contribution in [2.45, 2.75) is 21.6 Å². The SMILES string of the molecule is CCNC(CSc1nnc(SC)s1)c1ccc(OC)cc1. The molecule has 2 rings (SSSR count). The number of rotatable bonds is 8. The Balaban J connectivity index is 2.00. The number of aromatic nitrogens is 2. The van der Waals surface area contributed by atoms with Crippen LogP contribution < -0.4 is 10.1 Å². The molecule has 0 fully saturated rings. The van der Waals surface area contributed by atoms with Crippen molar-refractivity contribution in [1.82, 2.24) is 15.5 Å². The minimum Gasteiger partial charge on any atom is -0.497 e. The molecule has 1 aromatic carbocycles. The lowest BCUT2D eigenvalue weighted by atomic mass is 10.1. The molecule has 0 bridgehead atoms. The molecule has 0 aliphatic heterocycles. The molecule has 1 N–H and O–H groups in total. The molecule has 7 heteroatoms. The molecule has 1 unspecified atom stereocenters. The van der Waals surface area contributed by atoms with Crippen molar-refractivity contribution in [3.05, 3.63) is 29.8 Å². The van der Waals surface area contributed by atoms with Gasteiger partial charge in [-0.05, 0) is 30.5 Å². The van der Waals surface area contributed by atoms with Crippen molar-refractivity contribution in [1.29, 1.82) is 0 Å². The summed E-state index contributed by atoms with van der Waals surface area (Å²) in [6.45, 7) is 3.06. The number of hydrogen-bond donors (Lipinski definition) is 1. The van der Waals surface area contributed by atoms with Gasteiger partial charge in [0, 0.05) is 11.8 Å². The second-order valence-electron chi connectivity index (χ2n) is 4.23. The standard InChI is InChI=1S/C14H19N3OS3/c1-4-15-12(10-5-7-11(18-2)8-6-10)9-20-14-17-16-13(19-3)21-14/h5-8,12,15H,4,9H2,1-3H3. The maximum atomic E-state index is 5.21. The van der Waals surface area contributed by atoms with Crippen LogP contribution in [0.25, 0.3) is 0 Å². The van der Waals surface area contributed by atoms with E-state index in [2.05, 4.69) is 34.6 Å². The van der Waals surface area contributed by atoms with E-state index in [1.54, 1.807) is 42.0 Å². The highest BCUT2D eigenvalue weighted by molar-refractivity contribution is 8.02. The van der Waals surface area contributed by atoms with E-state index in [1.807, 2.05) is 18.4 Å². The molecule has 1 aromatic heterocycles. The van der Waals surface area contributed by atoms with Crippen LogP contribution in [0.5, 0.6) is 5.75 Å². The van der Waals surface area contributed by atoms with Crippen LogP contribution in [0, 0.1) is 0 Å². The summed E-state index contributed by atoms with van der Waals surface area (Å²) < 4.78 is 7.25. The third kappa shape index (κ3) is 4.88. The Morgan fingerprint density at radius 1 is 1.24 bits per heavy atom. The first-order valence-corrected chi connectivity index (χ1v) is 9.67. The zero-order chi connectivity index (χ0) is 15.1. The monoisotopic (exact) mass is 341 g/mol. The number of hydrogen-bond acceptors (Lipinski definition) is 7. The van der Waals surface area contributed by atoms with Crippen LogP contribution >= 0.6 is 34.9 Å². The van der Waals surface area contributed by atoms with Crippen molar-refractivity contribution in [3.63, 3.8) is 0 Å². The largest absolute Gasteiger partial charge is 0.497 e. The van der Waals surface area contributed by atoms with E-state index in [9.17, 15) is 0 Å². The number of ether oxygens (including phenoxy) is 1. The summed E-state index contributed by atoms with van der Waals surface area (Å²) in [5, 5.41) is 11.8. The number of nitrogens with one attached hydrogen (secondary N) is 1. The summed E-state index contributed by atoms with van der Waals surface area (Å²) in [6, 6.07) is 8.52. The smallest absolute Gasteiger partial charge is 0.175 e. The van der Waals surface area contributed by atoms with Gasteiger partial charge in [-0.15, -0.1) is 10.2 Å². The molecule has 0 saturated carbocycles. The molecule has 1 heterocycles. The minimum absolute atomic E-state index is 0.299. The van der Waals surface area contributed by atoms with E-state index < -0.39 is 0 Å². The van der Waals surface area contributed by atoms with Gasteiger partial charge >= 0.3 is 0 Å². The van der Waals surface area contributed by atoms with Gasteiger partial charge in [-0.1, -0.05) is 53.9 Å². The Hall–Kier alpha value is -0.760. The van der Waals surface area contributed by atoms with Crippen LogP contribution in [0.3, 0.4) is 0 Å². The average Bonchev–Trinajstić information content (AvgIpc) is 2.99. The fourth-order valence-corrected chi connectivity index (χ4v) is 4.41. The third-order valence-electron chi connectivity index (χ3n) is 2.90. The van der Waals surface area contributed by atoms with Crippen LogP contribution in [-0.2, 0) is 0 Å². The first kappa shape index (κ1) is 16.6. The van der Waals surface area contributed by atoms with Crippen molar-refractivity contribution >= 4 is 34.9 Å². The van der Waals surface area contributed by atoms with Crippen LogP contribution in [0.4, 0.5) is 0 Å². The summed E-state index contributed by atoms with van der Waals surface area (Å²) in [7, 11) is 1.69. The number of benzene rings is 1. The second-order valence-corrected chi connectivity index (χ2v) is 7.53. The summed E-state index contributed by atoms with van der Waals surface area (Å²) in [6.07, 6.45) is 2.02. The molecule has 0 aliphatic rings. The van der Waals surface area contributed by atoms with Crippen LogP contribution in [-0.4, -0.2) is 35.9 Å². The van der Waals surface area contributed by atoms with E-state index >= 15 is 0 Å². The molecular weight excluding hydrogens is 322 g/mol. The fourth-order valence-electron chi connectivity index (χ4n) is 1.85. The van der Waals surface area contributed by atoms with Crippen molar-refractivity contribution in [2.24, 2.45) is 0 Å². The quantitative estimate of drug-likeness (QED) is 0.739. The highest BCUT2D eigenvalue weighted by Crippen LogP contribution is 2.30. The fraction of sp³-hybridized carbons (Fsp3) is 0.429. The number of thioether (sulfide) groups is 2. The topological polar surface area (TPSA) is 47.0 Å². The molecule has 21 heavy (non-hydrogen) atoms. The maximum Gasteiger partial charge on any atom is 0.175 e. The van der Waals surface area contributed by atoms with Gasteiger partial charge in [0.05, 0.1) is 7.11 Å². The molecule has 0 aliphatic carbocycles. The Morgan fingerprint density at radius 3 is 2.52 bits per heavy atom. The molecule has 0 radical (unpaired) electrons. The third-order valence-corrected chi connectivity index (χ3v) is 6.03. The van der Waals surface area contributed by atoms with Gasteiger partial charge in [-0.25, -0.2) is 0 Å². The van der Waals surface area contributed by atoms with Crippen molar-refractivity contribution in [3.8, 4) is 5.75 Å². The summed E-state index contributed by atoms with van der Waals surface area (Å²) in [4.78, 5) is 0. The van der Waals surface area contributed by atoms with Crippen molar-refractivity contribution in [2.75, 3.05) is 25.7 Å². The Kier molecular flexibility index (Phi) is 6.82. The Bertz CT molecular complexity index is 545. The van der Waals surface area contributed by atoms with Crippen molar-refractivity contribution < 1.29 is 4.74 Å². The van der Waals surface area contributed by atoms with Gasteiger partial charge in [0.25, 0.3) is 0 Å². The molecule has 1 atom stereocenters. The van der Waals surface area contributed by atoms with E-state index in [1.165, 1.54) is 5.56 Å². The van der Waals surface area contributed by atoms with E-state index in [0.717, 1.165) is 26.7 Å². The van der Waals surface area contributed by atoms with Crippen LogP contribution in [0.1, 0.15) is 18.5 Å². The molecule has 0 amide bonds. The number of methoxy groups -OCH3 is 1. The lowest BCUT2D eigenvalue weighted by Gasteiger charge is -2.17.